The van der Waals surface area contributed by atoms with Crippen LogP contribution < -0.4 is 0 Å². The van der Waals surface area contributed by atoms with Gasteiger partial charge in [-0.1, -0.05) is 37.1 Å². The monoisotopic (exact) mass is 299 g/mol. The number of aliphatic carboxylic acids is 1. The maximum Gasteiger partial charge on any atom is 0.310 e. The molecule has 1 fully saturated rings. The van der Waals surface area contributed by atoms with E-state index in [-0.39, 0.29) is 5.02 Å². The first-order chi connectivity index (χ1) is 9.48. The highest BCUT2D eigenvalue weighted by Gasteiger charge is 2.43. The van der Waals surface area contributed by atoms with Gasteiger partial charge in [-0.2, -0.15) is 0 Å². The van der Waals surface area contributed by atoms with Gasteiger partial charge in [-0.05, 0) is 31.0 Å². The summed E-state index contributed by atoms with van der Waals surface area (Å²) >= 11 is 5.95. The molecule has 1 saturated heterocycles. The third kappa shape index (κ3) is 2.96. The van der Waals surface area contributed by atoms with Gasteiger partial charge < -0.3 is 5.11 Å². The van der Waals surface area contributed by atoms with Crippen LogP contribution in [-0.4, -0.2) is 29.1 Å². The van der Waals surface area contributed by atoms with E-state index in [2.05, 4.69) is 0 Å². The minimum absolute atomic E-state index is 0.135. The van der Waals surface area contributed by atoms with E-state index in [1.807, 2.05) is 11.8 Å². The number of carboxylic acids is 1. The maximum atomic E-state index is 13.4. The Kier molecular flexibility index (Phi) is 4.66. The molecule has 1 aromatic carbocycles. The Morgan fingerprint density at radius 1 is 1.55 bits per heavy atom. The van der Waals surface area contributed by atoms with Crippen LogP contribution in [0.5, 0.6) is 0 Å². The Balaban J connectivity index is 2.09. The van der Waals surface area contributed by atoms with Gasteiger partial charge in [0.1, 0.15) is 5.82 Å². The number of likely N-dealkylation sites (tertiary alicyclic amines) is 1. The number of carbonyl (C=O) groups is 1. The van der Waals surface area contributed by atoms with E-state index in [4.69, 9.17) is 11.6 Å². The SMILES string of the molecule is CCCC1(C(=O)O)CCN(Cc2cccc(F)c2Cl)C1. The molecule has 0 aromatic heterocycles. The lowest BCUT2D eigenvalue weighted by Gasteiger charge is -2.24. The number of nitrogens with zero attached hydrogens (tertiary/aromatic N) is 1. The van der Waals surface area contributed by atoms with Crippen molar-refractivity contribution in [2.24, 2.45) is 5.41 Å². The molecule has 1 unspecified atom stereocenters. The largest absolute Gasteiger partial charge is 0.481 e. The van der Waals surface area contributed by atoms with E-state index in [1.54, 1.807) is 12.1 Å². The number of rotatable bonds is 5. The summed E-state index contributed by atoms with van der Waals surface area (Å²) in [6, 6.07) is 4.74. The van der Waals surface area contributed by atoms with Gasteiger partial charge in [0, 0.05) is 13.1 Å². The van der Waals surface area contributed by atoms with E-state index in [0.717, 1.165) is 6.42 Å². The third-order valence-corrected chi connectivity index (χ3v) is 4.46. The van der Waals surface area contributed by atoms with Crippen LogP contribution in [0.3, 0.4) is 0 Å². The lowest BCUT2D eigenvalue weighted by atomic mass is 9.83. The van der Waals surface area contributed by atoms with Crippen LogP contribution in [0.2, 0.25) is 5.02 Å². The molecule has 0 spiro atoms. The Bertz CT molecular complexity index is 509. The standard InChI is InChI=1S/C15H19ClFNO2/c1-2-6-15(14(19)20)7-8-18(10-15)9-11-4-3-5-12(17)13(11)16/h3-5H,2,6-10H2,1H3,(H,19,20). The van der Waals surface area contributed by atoms with E-state index in [9.17, 15) is 14.3 Å². The topological polar surface area (TPSA) is 40.5 Å². The number of hydrogen-bond donors (Lipinski definition) is 1. The van der Waals surface area contributed by atoms with Gasteiger partial charge in [0.2, 0.25) is 0 Å². The molecular formula is C15H19ClFNO2. The summed E-state index contributed by atoms with van der Waals surface area (Å²) in [4.78, 5) is 13.6. The predicted octanol–water partition coefficient (Wildman–Crippen LogP) is 3.56. The van der Waals surface area contributed by atoms with Crippen LogP contribution in [0.1, 0.15) is 31.7 Å². The van der Waals surface area contributed by atoms with Crippen molar-refractivity contribution in [3.8, 4) is 0 Å². The highest BCUT2D eigenvalue weighted by molar-refractivity contribution is 6.31. The summed E-state index contributed by atoms with van der Waals surface area (Å²) in [7, 11) is 0. The van der Waals surface area contributed by atoms with Gasteiger partial charge >= 0.3 is 5.97 Å². The van der Waals surface area contributed by atoms with Gasteiger partial charge in [-0.15, -0.1) is 0 Å². The predicted molar refractivity (Wildman–Crippen MR) is 76.3 cm³/mol. The first-order valence-corrected chi connectivity index (χ1v) is 7.25. The zero-order chi connectivity index (χ0) is 14.8. The van der Waals surface area contributed by atoms with Crippen molar-refractivity contribution >= 4 is 17.6 Å². The van der Waals surface area contributed by atoms with E-state index >= 15 is 0 Å². The Morgan fingerprint density at radius 2 is 2.30 bits per heavy atom. The molecular weight excluding hydrogens is 281 g/mol. The zero-order valence-electron chi connectivity index (χ0n) is 11.5. The minimum Gasteiger partial charge on any atom is -0.481 e. The van der Waals surface area contributed by atoms with Crippen molar-refractivity contribution in [1.82, 2.24) is 4.90 Å². The molecule has 0 amide bonds. The fourth-order valence-electron chi connectivity index (χ4n) is 2.97. The number of hydrogen-bond acceptors (Lipinski definition) is 2. The quantitative estimate of drug-likeness (QED) is 0.904. The van der Waals surface area contributed by atoms with E-state index in [0.29, 0.717) is 38.0 Å². The summed E-state index contributed by atoms with van der Waals surface area (Å²) in [5.74, 6) is -1.16. The molecule has 0 aliphatic carbocycles. The van der Waals surface area contributed by atoms with Crippen molar-refractivity contribution in [2.75, 3.05) is 13.1 Å². The summed E-state index contributed by atoms with van der Waals surface area (Å²) in [6.45, 7) is 3.70. The summed E-state index contributed by atoms with van der Waals surface area (Å²) < 4.78 is 13.4. The lowest BCUT2D eigenvalue weighted by Crippen LogP contribution is -2.34. The Labute approximate surface area is 123 Å². The second-order valence-corrected chi connectivity index (χ2v) is 5.89. The Hall–Kier alpha value is -1.13. The first-order valence-electron chi connectivity index (χ1n) is 6.87. The average Bonchev–Trinajstić information content (AvgIpc) is 2.80. The number of carboxylic acid groups (broad SMARTS) is 1. The van der Waals surface area contributed by atoms with Crippen LogP contribution in [-0.2, 0) is 11.3 Å². The molecule has 1 N–H and O–H groups in total. The van der Waals surface area contributed by atoms with Gasteiger partial charge in [-0.25, -0.2) is 4.39 Å². The van der Waals surface area contributed by atoms with Crippen LogP contribution in [0.25, 0.3) is 0 Å². The molecule has 2 rings (SSSR count). The molecule has 0 radical (unpaired) electrons. The van der Waals surface area contributed by atoms with Crippen molar-refractivity contribution in [1.29, 1.82) is 0 Å². The molecule has 1 aliphatic heterocycles. The first kappa shape index (κ1) is 15.3. The Morgan fingerprint density at radius 3 is 2.95 bits per heavy atom. The fraction of sp³-hybridized carbons (Fsp3) is 0.533. The maximum absolute atomic E-state index is 13.4. The van der Waals surface area contributed by atoms with Crippen LogP contribution >= 0.6 is 11.6 Å². The van der Waals surface area contributed by atoms with Crippen molar-refractivity contribution < 1.29 is 14.3 Å². The molecule has 20 heavy (non-hydrogen) atoms. The van der Waals surface area contributed by atoms with Crippen LogP contribution in [0, 0.1) is 11.2 Å². The van der Waals surface area contributed by atoms with Crippen LogP contribution in [0.15, 0.2) is 18.2 Å². The van der Waals surface area contributed by atoms with Gasteiger partial charge in [0.05, 0.1) is 10.4 Å². The minimum atomic E-state index is -0.729. The lowest BCUT2D eigenvalue weighted by molar-refractivity contribution is -0.148. The molecule has 1 atom stereocenters. The third-order valence-electron chi connectivity index (χ3n) is 4.04. The second-order valence-electron chi connectivity index (χ2n) is 5.51. The molecule has 110 valence electrons. The summed E-state index contributed by atoms with van der Waals surface area (Å²) in [5.41, 5.74) is 0.0542. The van der Waals surface area contributed by atoms with E-state index in [1.165, 1.54) is 6.07 Å². The molecule has 1 aliphatic rings. The highest BCUT2D eigenvalue weighted by atomic mass is 35.5. The van der Waals surface area contributed by atoms with Crippen molar-refractivity contribution in [2.45, 2.75) is 32.7 Å². The smallest absolute Gasteiger partial charge is 0.310 e. The highest BCUT2D eigenvalue weighted by Crippen LogP contribution is 2.36. The molecule has 5 heteroatoms. The second kappa shape index (κ2) is 6.10. The molecule has 1 heterocycles. The average molecular weight is 300 g/mol. The fourth-order valence-corrected chi connectivity index (χ4v) is 3.15. The molecule has 3 nitrogen and oxygen atoms in total. The molecule has 0 saturated carbocycles. The summed E-state index contributed by atoms with van der Waals surface area (Å²) in [6.07, 6.45) is 2.17. The molecule has 1 aromatic rings. The zero-order valence-corrected chi connectivity index (χ0v) is 12.3. The van der Waals surface area contributed by atoms with E-state index < -0.39 is 17.2 Å². The van der Waals surface area contributed by atoms with Crippen molar-refractivity contribution in [3.63, 3.8) is 0 Å². The number of halogens is 2. The van der Waals surface area contributed by atoms with Gasteiger partial charge in [0.25, 0.3) is 0 Å². The summed E-state index contributed by atoms with van der Waals surface area (Å²) in [5, 5.41) is 9.60. The normalized spacial score (nSPS) is 23.1. The van der Waals surface area contributed by atoms with Gasteiger partial charge in [0.15, 0.2) is 0 Å². The molecule has 0 bridgehead atoms. The van der Waals surface area contributed by atoms with Gasteiger partial charge in [-0.3, -0.25) is 9.69 Å². The number of benzene rings is 1. The van der Waals surface area contributed by atoms with Crippen molar-refractivity contribution in [3.05, 3.63) is 34.6 Å². The van der Waals surface area contributed by atoms with Crippen LogP contribution in [0.4, 0.5) is 4.39 Å².